The van der Waals surface area contributed by atoms with Crippen molar-refractivity contribution >= 4 is 27.4 Å². The lowest BCUT2D eigenvalue weighted by Crippen LogP contribution is -2.28. The number of rotatable bonds is 7. The number of aromatic nitrogens is 1. The first kappa shape index (κ1) is 15.8. The minimum absolute atomic E-state index is 0.0289. The Balaban J connectivity index is 2.70. The van der Waals surface area contributed by atoms with Gasteiger partial charge in [0.2, 0.25) is 0 Å². The van der Waals surface area contributed by atoms with Crippen LogP contribution in [0.1, 0.15) is 19.4 Å². The number of pyridine rings is 1. The van der Waals surface area contributed by atoms with E-state index in [9.17, 15) is 10.1 Å². The molecule has 106 valence electrons. The topological polar surface area (TPSA) is 71.3 Å². The number of hydrogen-bond acceptors (Lipinski definition) is 5. The van der Waals surface area contributed by atoms with Gasteiger partial charge >= 0.3 is 0 Å². The van der Waals surface area contributed by atoms with Gasteiger partial charge in [-0.05, 0) is 35.9 Å². The van der Waals surface area contributed by atoms with Crippen molar-refractivity contribution in [2.45, 2.75) is 20.8 Å². The number of nitrogens with zero attached hydrogens (tertiary/aromatic N) is 3. The van der Waals surface area contributed by atoms with Crippen molar-refractivity contribution in [2.75, 3.05) is 31.5 Å². The molecule has 0 unspecified atom stereocenters. The van der Waals surface area contributed by atoms with E-state index in [1.165, 1.54) is 6.20 Å². The SMILES string of the molecule is CCN(CC)CCNc1ncc([N+](=O)[O-])c(C)c1Br. The first-order valence-electron chi connectivity index (χ1n) is 6.26. The highest BCUT2D eigenvalue weighted by Gasteiger charge is 2.16. The maximum Gasteiger partial charge on any atom is 0.291 e. The summed E-state index contributed by atoms with van der Waals surface area (Å²) >= 11 is 3.36. The van der Waals surface area contributed by atoms with E-state index in [1.807, 2.05) is 0 Å². The quantitative estimate of drug-likeness (QED) is 0.614. The largest absolute Gasteiger partial charge is 0.368 e. The van der Waals surface area contributed by atoms with Crippen LogP contribution in [0.5, 0.6) is 0 Å². The van der Waals surface area contributed by atoms with Crippen molar-refractivity contribution in [3.8, 4) is 0 Å². The Kier molecular flexibility index (Phi) is 6.17. The Hall–Kier alpha value is -1.21. The second-order valence-electron chi connectivity index (χ2n) is 4.14. The lowest BCUT2D eigenvalue weighted by Gasteiger charge is -2.18. The Morgan fingerprint density at radius 2 is 2.11 bits per heavy atom. The van der Waals surface area contributed by atoms with Crippen molar-refractivity contribution in [1.82, 2.24) is 9.88 Å². The highest BCUT2D eigenvalue weighted by Crippen LogP contribution is 2.30. The second kappa shape index (κ2) is 7.40. The van der Waals surface area contributed by atoms with Crippen LogP contribution >= 0.6 is 15.9 Å². The van der Waals surface area contributed by atoms with E-state index in [2.05, 4.69) is 45.0 Å². The Morgan fingerprint density at radius 1 is 1.47 bits per heavy atom. The zero-order valence-corrected chi connectivity index (χ0v) is 13.0. The maximum atomic E-state index is 10.8. The second-order valence-corrected chi connectivity index (χ2v) is 4.93. The van der Waals surface area contributed by atoms with Gasteiger partial charge in [0.1, 0.15) is 12.0 Å². The molecular formula is C12H19BrN4O2. The number of hydrogen-bond donors (Lipinski definition) is 1. The van der Waals surface area contributed by atoms with Gasteiger partial charge in [0.15, 0.2) is 0 Å². The monoisotopic (exact) mass is 330 g/mol. The summed E-state index contributed by atoms with van der Waals surface area (Å²) in [5, 5.41) is 14.0. The van der Waals surface area contributed by atoms with Crippen LogP contribution in [-0.2, 0) is 0 Å². The summed E-state index contributed by atoms with van der Waals surface area (Å²) in [6.45, 7) is 9.63. The summed E-state index contributed by atoms with van der Waals surface area (Å²) < 4.78 is 0.654. The first-order valence-corrected chi connectivity index (χ1v) is 7.06. The summed E-state index contributed by atoms with van der Waals surface area (Å²) in [7, 11) is 0. The fourth-order valence-electron chi connectivity index (χ4n) is 1.75. The van der Waals surface area contributed by atoms with E-state index < -0.39 is 4.92 Å². The van der Waals surface area contributed by atoms with Gasteiger partial charge in [0.25, 0.3) is 5.69 Å². The van der Waals surface area contributed by atoms with Crippen molar-refractivity contribution in [1.29, 1.82) is 0 Å². The van der Waals surface area contributed by atoms with E-state index in [0.29, 0.717) is 15.9 Å². The molecule has 0 aliphatic rings. The Labute approximate surface area is 121 Å². The average molecular weight is 331 g/mol. The van der Waals surface area contributed by atoms with E-state index in [-0.39, 0.29) is 5.69 Å². The van der Waals surface area contributed by atoms with E-state index in [4.69, 9.17) is 0 Å². The van der Waals surface area contributed by atoms with Crippen molar-refractivity contribution in [3.63, 3.8) is 0 Å². The minimum Gasteiger partial charge on any atom is -0.368 e. The molecule has 0 radical (unpaired) electrons. The van der Waals surface area contributed by atoms with Crippen LogP contribution in [-0.4, -0.2) is 41.0 Å². The third-order valence-electron chi connectivity index (χ3n) is 3.05. The number of halogens is 1. The molecule has 19 heavy (non-hydrogen) atoms. The van der Waals surface area contributed by atoms with Crippen molar-refractivity contribution in [2.24, 2.45) is 0 Å². The maximum absolute atomic E-state index is 10.8. The van der Waals surface area contributed by atoms with Gasteiger partial charge in [0.05, 0.1) is 9.40 Å². The molecular weight excluding hydrogens is 312 g/mol. The molecule has 0 spiro atoms. The molecule has 0 atom stereocenters. The van der Waals surface area contributed by atoms with Crippen LogP contribution in [0, 0.1) is 17.0 Å². The Morgan fingerprint density at radius 3 is 2.63 bits per heavy atom. The molecule has 1 N–H and O–H groups in total. The number of likely N-dealkylation sites (N-methyl/N-ethyl adjacent to an activating group) is 1. The highest BCUT2D eigenvalue weighted by atomic mass is 79.9. The predicted molar refractivity (Wildman–Crippen MR) is 79.6 cm³/mol. The highest BCUT2D eigenvalue weighted by molar-refractivity contribution is 9.10. The standard InChI is InChI=1S/C12H19BrN4O2/c1-4-16(5-2)7-6-14-12-11(13)9(3)10(8-15-12)17(18)19/h8H,4-7H2,1-3H3,(H,14,15). The number of nitrogens with one attached hydrogen (secondary N) is 1. The summed E-state index contributed by atoms with van der Waals surface area (Å²) in [6.07, 6.45) is 1.29. The molecule has 0 bridgehead atoms. The van der Waals surface area contributed by atoms with Gasteiger partial charge in [-0.2, -0.15) is 0 Å². The first-order chi connectivity index (χ1) is 9.01. The zero-order valence-electron chi connectivity index (χ0n) is 11.4. The van der Waals surface area contributed by atoms with E-state index >= 15 is 0 Å². The van der Waals surface area contributed by atoms with Crippen LogP contribution in [0.3, 0.4) is 0 Å². The van der Waals surface area contributed by atoms with Gasteiger partial charge in [-0.15, -0.1) is 0 Å². The smallest absolute Gasteiger partial charge is 0.291 e. The molecule has 1 rings (SSSR count). The van der Waals surface area contributed by atoms with E-state index in [0.717, 1.165) is 26.2 Å². The molecule has 1 aromatic rings. The van der Waals surface area contributed by atoms with Crippen LogP contribution < -0.4 is 5.32 Å². The lowest BCUT2D eigenvalue weighted by atomic mass is 10.2. The molecule has 1 heterocycles. The summed E-state index contributed by atoms with van der Waals surface area (Å²) in [5.41, 5.74) is 0.617. The third kappa shape index (κ3) is 4.14. The zero-order chi connectivity index (χ0) is 14.4. The van der Waals surface area contributed by atoms with Crippen LogP contribution in [0.2, 0.25) is 0 Å². The Bertz CT molecular complexity index is 450. The minimum atomic E-state index is -0.424. The van der Waals surface area contributed by atoms with Gasteiger partial charge in [-0.1, -0.05) is 13.8 Å². The van der Waals surface area contributed by atoms with Gasteiger partial charge in [0, 0.05) is 18.7 Å². The lowest BCUT2D eigenvalue weighted by molar-refractivity contribution is -0.385. The molecule has 0 saturated heterocycles. The molecule has 0 amide bonds. The van der Waals surface area contributed by atoms with Crippen molar-refractivity contribution < 1.29 is 4.92 Å². The average Bonchev–Trinajstić information content (AvgIpc) is 2.39. The fourth-order valence-corrected chi connectivity index (χ4v) is 2.19. The molecule has 6 nitrogen and oxygen atoms in total. The van der Waals surface area contributed by atoms with E-state index in [1.54, 1.807) is 6.92 Å². The molecule has 0 fully saturated rings. The van der Waals surface area contributed by atoms with Crippen molar-refractivity contribution in [3.05, 3.63) is 26.3 Å². The summed E-state index contributed by atoms with van der Waals surface area (Å²) in [4.78, 5) is 16.7. The van der Waals surface area contributed by atoms with Crippen LogP contribution in [0.4, 0.5) is 11.5 Å². The predicted octanol–water partition coefficient (Wildman–Crippen LogP) is 2.81. The molecule has 1 aromatic heterocycles. The summed E-state index contributed by atoms with van der Waals surface area (Å²) in [5.74, 6) is 0.648. The summed E-state index contributed by atoms with van der Waals surface area (Å²) in [6, 6.07) is 0. The third-order valence-corrected chi connectivity index (χ3v) is 4.02. The molecule has 0 aliphatic carbocycles. The number of nitro groups is 1. The molecule has 0 aromatic carbocycles. The molecule has 0 saturated carbocycles. The van der Waals surface area contributed by atoms with Crippen LogP contribution in [0.25, 0.3) is 0 Å². The van der Waals surface area contributed by atoms with Gasteiger partial charge in [-0.3, -0.25) is 10.1 Å². The molecule has 0 aliphatic heterocycles. The number of anilines is 1. The fraction of sp³-hybridized carbons (Fsp3) is 0.583. The van der Waals surface area contributed by atoms with Gasteiger partial charge in [-0.25, -0.2) is 4.98 Å². The molecule has 7 heteroatoms. The normalized spacial score (nSPS) is 10.8. The van der Waals surface area contributed by atoms with Crippen LogP contribution in [0.15, 0.2) is 10.7 Å². The van der Waals surface area contributed by atoms with Gasteiger partial charge < -0.3 is 10.2 Å².